The molecule has 1 aromatic carbocycles. The average molecular weight is 223 g/mol. The van der Waals surface area contributed by atoms with Crippen LogP contribution in [-0.4, -0.2) is 16.7 Å². The van der Waals surface area contributed by atoms with Crippen LogP contribution < -0.4 is 4.74 Å². The zero-order valence-corrected chi connectivity index (χ0v) is 9.42. The Labute approximate surface area is 99.3 Å². The van der Waals surface area contributed by atoms with E-state index in [2.05, 4.69) is 21.7 Å². The van der Waals surface area contributed by atoms with Crippen molar-refractivity contribution < 1.29 is 4.74 Å². The van der Waals surface area contributed by atoms with E-state index >= 15 is 0 Å². The second kappa shape index (κ2) is 3.94. The molecule has 3 rings (SSSR count). The fourth-order valence-corrected chi connectivity index (χ4v) is 1.91. The summed E-state index contributed by atoms with van der Waals surface area (Å²) in [4.78, 5) is 4.11. The molecule has 0 saturated carbocycles. The van der Waals surface area contributed by atoms with E-state index in [1.165, 1.54) is 5.39 Å². The maximum Gasteiger partial charge on any atom is 0.215 e. The first-order valence-electron chi connectivity index (χ1n) is 5.36. The highest BCUT2D eigenvalue weighted by molar-refractivity contribution is 5.81. The van der Waals surface area contributed by atoms with E-state index in [1.807, 2.05) is 36.5 Å². The number of hydrogen-bond donors (Lipinski definition) is 0. The van der Waals surface area contributed by atoms with Gasteiger partial charge in [-0.05, 0) is 30.3 Å². The third-order valence-corrected chi connectivity index (χ3v) is 2.74. The average Bonchev–Trinajstić information content (AvgIpc) is 2.82. The van der Waals surface area contributed by atoms with Gasteiger partial charge in [0, 0.05) is 23.8 Å². The molecule has 3 heteroatoms. The number of ether oxygens (including phenoxy) is 1. The second-order valence-corrected chi connectivity index (χ2v) is 3.73. The molecular formula is C14H11N2O. The zero-order valence-electron chi connectivity index (χ0n) is 9.42. The number of pyridine rings is 1. The van der Waals surface area contributed by atoms with Crippen LogP contribution in [0, 0.1) is 6.07 Å². The van der Waals surface area contributed by atoms with E-state index in [1.54, 1.807) is 13.3 Å². The van der Waals surface area contributed by atoms with Crippen molar-refractivity contribution in [3.63, 3.8) is 0 Å². The van der Waals surface area contributed by atoms with Crippen molar-refractivity contribution in [1.82, 2.24) is 9.55 Å². The highest BCUT2D eigenvalue weighted by Crippen LogP contribution is 2.21. The fourth-order valence-electron chi connectivity index (χ4n) is 1.91. The van der Waals surface area contributed by atoms with Gasteiger partial charge in [-0.1, -0.05) is 6.07 Å². The summed E-state index contributed by atoms with van der Waals surface area (Å²) in [5.74, 6) is 0.617. The largest absolute Gasteiger partial charge is 0.481 e. The van der Waals surface area contributed by atoms with Gasteiger partial charge in [0.2, 0.25) is 5.88 Å². The Morgan fingerprint density at radius 1 is 1.29 bits per heavy atom. The van der Waals surface area contributed by atoms with Gasteiger partial charge >= 0.3 is 0 Å². The molecule has 0 N–H and O–H groups in total. The Balaban J connectivity index is 2.20. The zero-order chi connectivity index (χ0) is 11.7. The Bertz CT molecular complexity index is 658. The number of aromatic nitrogens is 2. The minimum Gasteiger partial charge on any atom is -0.481 e. The van der Waals surface area contributed by atoms with Crippen LogP contribution in [0.5, 0.6) is 5.88 Å². The molecule has 17 heavy (non-hydrogen) atoms. The van der Waals surface area contributed by atoms with Crippen LogP contribution >= 0.6 is 0 Å². The van der Waals surface area contributed by atoms with Gasteiger partial charge in [0.15, 0.2) is 0 Å². The van der Waals surface area contributed by atoms with Crippen molar-refractivity contribution in [2.45, 2.75) is 0 Å². The van der Waals surface area contributed by atoms with Crippen molar-refractivity contribution in [1.29, 1.82) is 0 Å². The Kier molecular flexibility index (Phi) is 2.29. The number of methoxy groups -OCH3 is 1. The summed E-state index contributed by atoms with van der Waals surface area (Å²) in [6.07, 6.45) is 3.78. The molecule has 0 spiro atoms. The van der Waals surface area contributed by atoms with Gasteiger partial charge in [-0.3, -0.25) is 0 Å². The van der Waals surface area contributed by atoms with E-state index in [4.69, 9.17) is 4.74 Å². The van der Waals surface area contributed by atoms with Crippen LogP contribution in [0.1, 0.15) is 0 Å². The third-order valence-electron chi connectivity index (χ3n) is 2.74. The smallest absolute Gasteiger partial charge is 0.215 e. The van der Waals surface area contributed by atoms with E-state index in [0.29, 0.717) is 5.88 Å². The van der Waals surface area contributed by atoms with Gasteiger partial charge in [0.25, 0.3) is 0 Å². The lowest BCUT2D eigenvalue weighted by Gasteiger charge is -2.06. The third kappa shape index (κ3) is 1.65. The SMILES string of the molecule is COc1cc(-n2ccc3c[c]ccc32)ccn1. The summed E-state index contributed by atoms with van der Waals surface area (Å²) in [5.41, 5.74) is 2.19. The number of rotatable bonds is 2. The monoisotopic (exact) mass is 223 g/mol. The topological polar surface area (TPSA) is 27.1 Å². The van der Waals surface area contributed by atoms with Crippen LogP contribution in [0.4, 0.5) is 0 Å². The second-order valence-electron chi connectivity index (χ2n) is 3.73. The molecule has 0 amide bonds. The molecule has 0 fully saturated rings. The molecule has 83 valence electrons. The molecule has 0 aliphatic carbocycles. The maximum atomic E-state index is 5.13. The molecule has 0 aliphatic rings. The molecular weight excluding hydrogens is 212 g/mol. The van der Waals surface area contributed by atoms with Crippen LogP contribution in [0.25, 0.3) is 16.6 Å². The number of hydrogen-bond acceptors (Lipinski definition) is 2. The molecule has 0 unspecified atom stereocenters. The van der Waals surface area contributed by atoms with Gasteiger partial charge in [-0.25, -0.2) is 4.98 Å². The predicted molar refractivity (Wildman–Crippen MR) is 66.5 cm³/mol. The quantitative estimate of drug-likeness (QED) is 0.668. The van der Waals surface area contributed by atoms with E-state index in [9.17, 15) is 0 Å². The van der Waals surface area contributed by atoms with Gasteiger partial charge in [-0.2, -0.15) is 0 Å². The van der Waals surface area contributed by atoms with Crippen LogP contribution in [0.3, 0.4) is 0 Å². The number of benzene rings is 1. The molecule has 2 aromatic heterocycles. The molecule has 3 aromatic rings. The van der Waals surface area contributed by atoms with Gasteiger partial charge in [0.1, 0.15) is 0 Å². The lowest BCUT2D eigenvalue weighted by Crippen LogP contribution is -1.94. The highest BCUT2D eigenvalue weighted by Gasteiger charge is 2.03. The molecule has 1 radical (unpaired) electrons. The molecule has 0 atom stereocenters. The first-order valence-corrected chi connectivity index (χ1v) is 5.36. The van der Waals surface area contributed by atoms with Gasteiger partial charge in [-0.15, -0.1) is 0 Å². The van der Waals surface area contributed by atoms with E-state index in [-0.39, 0.29) is 0 Å². The van der Waals surface area contributed by atoms with E-state index < -0.39 is 0 Å². The summed E-state index contributed by atoms with van der Waals surface area (Å²) in [5, 5.41) is 1.17. The summed E-state index contributed by atoms with van der Waals surface area (Å²) in [7, 11) is 1.62. The van der Waals surface area contributed by atoms with Crippen molar-refractivity contribution >= 4 is 10.9 Å². The molecule has 0 bridgehead atoms. The normalized spacial score (nSPS) is 10.6. The Morgan fingerprint density at radius 3 is 3.12 bits per heavy atom. The van der Waals surface area contributed by atoms with Crippen molar-refractivity contribution in [2.24, 2.45) is 0 Å². The predicted octanol–water partition coefficient (Wildman–Crippen LogP) is 2.83. The minimum absolute atomic E-state index is 0.617. The van der Waals surface area contributed by atoms with Crippen molar-refractivity contribution in [3.8, 4) is 11.6 Å². The number of nitrogens with zero attached hydrogens (tertiary/aromatic N) is 2. The van der Waals surface area contributed by atoms with Crippen LogP contribution in [0.15, 0.2) is 48.8 Å². The lowest BCUT2D eigenvalue weighted by atomic mass is 10.2. The Hall–Kier alpha value is -2.29. The number of fused-ring (bicyclic) bond motifs is 1. The minimum atomic E-state index is 0.617. The van der Waals surface area contributed by atoms with Crippen LogP contribution in [-0.2, 0) is 0 Å². The highest BCUT2D eigenvalue weighted by atomic mass is 16.5. The van der Waals surface area contributed by atoms with Crippen molar-refractivity contribution in [3.05, 3.63) is 54.9 Å². The molecule has 0 saturated heterocycles. The Morgan fingerprint density at radius 2 is 2.24 bits per heavy atom. The van der Waals surface area contributed by atoms with Crippen LogP contribution in [0.2, 0.25) is 0 Å². The summed E-state index contributed by atoms with van der Waals surface area (Å²) in [6.45, 7) is 0. The van der Waals surface area contributed by atoms with Gasteiger partial charge in [0.05, 0.1) is 18.3 Å². The first kappa shape index (κ1) is 9.90. The van der Waals surface area contributed by atoms with Crippen molar-refractivity contribution in [2.75, 3.05) is 7.11 Å². The standard InChI is InChI=1S/C14H11N2O/c1-17-14-10-12(6-8-15-14)16-9-7-11-4-2-3-5-13(11)16/h3-10H,1H3. The maximum absolute atomic E-state index is 5.13. The van der Waals surface area contributed by atoms with E-state index in [0.717, 1.165) is 11.2 Å². The molecule has 3 nitrogen and oxygen atoms in total. The lowest BCUT2D eigenvalue weighted by molar-refractivity contribution is 0.397. The molecule has 2 heterocycles. The van der Waals surface area contributed by atoms with Gasteiger partial charge < -0.3 is 9.30 Å². The summed E-state index contributed by atoms with van der Waals surface area (Å²) >= 11 is 0. The first-order chi connectivity index (χ1) is 8.38. The molecule has 0 aliphatic heterocycles. The summed E-state index contributed by atoms with van der Waals surface area (Å²) in [6, 6.07) is 14.9. The fraction of sp³-hybridized carbons (Fsp3) is 0.0714. The summed E-state index contributed by atoms with van der Waals surface area (Å²) < 4.78 is 7.24.